The maximum atomic E-state index is 12.3. The van der Waals surface area contributed by atoms with Gasteiger partial charge in [-0.3, -0.25) is 0 Å². The van der Waals surface area contributed by atoms with Gasteiger partial charge in [-0.2, -0.15) is 0 Å². The molecule has 6 nitrogen and oxygen atoms in total. The molecule has 2 unspecified atom stereocenters. The SMILES string of the molecule is CC1CCCC(C)N1NS(=O)(=O)c1ccnc(N)c1. The van der Waals surface area contributed by atoms with Gasteiger partial charge in [-0.25, -0.2) is 18.4 Å². The fraction of sp³-hybridized carbons (Fsp3) is 0.583. The summed E-state index contributed by atoms with van der Waals surface area (Å²) in [5.41, 5.74) is 5.53. The van der Waals surface area contributed by atoms with Crippen molar-refractivity contribution in [3.05, 3.63) is 18.3 Å². The van der Waals surface area contributed by atoms with E-state index in [0.29, 0.717) is 0 Å². The van der Waals surface area contributed by atoms with E-state index >= 15 is 0 Å². The standard InChI is InChI=1S/C12H20N4O2S/c1-9-4-3-5-10(2)16(9)15-19(17,18)11-6-7-14-12(13)8-11/h6-10,15H,3-5H2,1-2H3,(H2,13,14). The summed E-state index contributed by atoms with van der Waals surface area (Å²) in [6.07, 6.45) is 4.51. The van der Waals surface area contributed by atoms with Gasteiger partial charge in [-0.05, 0) is 32.8 Å². The number of rotatable bonds is 3. The predicted molar refractivity (Wildman–Crippen MR) is 73.6 cm³/mol. The highest BCUT2D eigenvalue weighted by atomic mass is 32.2. The number of anilines is 1. The van der Waals surface area contributed by atoms with E-state index in [0.717, 1.165) is 19.3 Å². The van der Waals surface area contributed by atoms with Crippen LogP contribution in [0.25, 0.3) is 0 Å². The Morgan fingerprint density at radius 1 is 1.37 bits per heavy atom. The molecule has 0 spiro atoms. The van der Waals surface area contributed by atoms with Crippen molar-refractivity contribution < 1.29 is 8.42 Å². The van der Waals surface area contributed by atoms with Crippen LogP contribution >= 0.6 is 0 Å². The third-order valence-electron chi connectivity index (χ3n) is 3.48. The van der Waals surface area contributed by atoms with Crippen molar-refractivity contribution in [1.82, 2.24) is 14.8 Å². The van der Waals surface area contributed by atoms with Crippen LogP contribution in [0.3, 0.4) is 0 Å². The van der Waals surface area contributed by atoms with Gasteiger partial charge in [-0.15, -0.1) is 4.83 Å². The van der Waals surface area contributed by atoms with Crippen LogP contribution in [0.4, 0.5) is 5.82 Å². The largest absolute Gasteiger partial charge is 0.384 e. The summed E-state index contributed by atoms with van der Waals surface area (Å²) >= 11 is 0. The molecule has 2 heterocycles. The maximum Gasteiger partial charge on any atom is 0.253 e. The van der Waals surface area contributed by atoms with E-state index in [4.69, 9.17) is 5.73 Å². The van der Waals surface area contributed by atoms with Crippen LogP contribution in [0, 0.1) is 0 Å². The normalized spacial score (nSPS) is 25.4. The average Bonchev–Trinajstić information content (AvgIpc) is 2.34. The minimum Gasteiger partial charge on any atom is -0.384 e. The van der Waals surface area contributed by atoms with Gasteiger partial charge in [0.25, 0.3) is 10.0 Å². The second kappa shape index (κ2) is 5.44. The summed E-state index contributed by atoms with van der Waals surface area (Å²) in [7, 11) is -3.59. The number of hydrogen-bond acceptors (Lipinski definition) is 5. The highest BCUT2D eigenvalue weighted by Crippen LogP contribution is 2.22. The van der Waals surface area contributed by atoms with Crippen LogP contribution in [0.1, 0.15) is 33.1 Å². The number of hydrogen-bond donors (Lipinski definition) is 2. The molecule has 0 amide bonds. The fourth-order valence-corrected chi connectivity index (χ4v) is 3.65. The molecule has 2 rings (SSSR count). The van der Waals surface area contributed by atoms with Gasteiger partial charge in [0, 0.05) is 24.3 Å². The molecule has 1 aliphatic rings. The molecular formula is C12H20N4O2S. The second-order valence-electron chi connectivity index (χ2n) is 5.05. The van der Waals surface area contributed by atoms with Crippen LogP contribution in [-0.2, 0) is 10.0 Å². The topological polar surface area (TPSA) is 88.3 Å². The molecule has 1 aliphatic heterocycles. The second-order valence-corrected chi connectivity index (χ2v) is 6.71. The Morgan fingerprint density at radius 2 is 2.00 bits per heavy atom. The van der Waals surface area contributed by atoms with Gasteiger partial charge < -0.3 is 5.73 Å². The predicted octanol–water partition coefficient (Wildman–Crippen LogP) is 1.12. The molecule has 0 aliphatic carbocycles. The zero-order chi connectivity index (χ0) is 14.0. The van der Waals surface area contributed by atoms with Crippen molar-refractivity contribution in [2.24, 2.45) is 0 Å². The van der Waals surface area contributed by atoms with Crippen molar-refractivity contribution >= 4 is 15.8 Å². The van der Waals surface area contributed by atoms with Gasteiger partial charge >= 0.3 is 0 Å². The average molecular weight is 284 g/mol. The number of piperidine rings is 1. The first-order valence-electron chi connectivity index (χ1n) is 6.42. The van der Waals surface area contributed by atoms with E-state index in [2.05, 4.69) is 9.82 Å². The summed E-state index contributed by atoms with van der Waals surface area (Å²) in [6, 6.07) is 3.19. The van der Waals surface area contributed by atoms with Crippen molar-refractivity contribution in [3.63, 3.8) is 0 Å². The van der Waals surface area contributed by atoms with E-state index in [1.165, 1.54) is 18.3 Å². The summed E-state index contributed by atoms with van der Waals surface area (Å²) in [6.45, 7) is 4.05. The maximum absolute atomic E-state index is 12.3. The molecule has 0 radical (unpaired) electrons. The molecule has 7 heteroatoms. The molecule has 2 atom stereocenters. The van der Waals surface area contributed by atoms with Gasteiger partial charge in [0.15, 0.2) is 0 Å². The molecule has 0 bridgehead atoms. The van der Waals surface area contributed by atoms with Crippen LogP contribution < -0.4 is 10.6 Å². The zero-order valence-corrected chi connectivity index (χ0v) is 12.0. The van der Waals surface area contributed by atoms with Crippen molar-refractivity contribution in [1.29, 1.82) is 0 Å². The number of sulfonamides is 1. The summed E-state index contributed by atoms with van der Waals surface area (Å²) in [4.78, 5) is 6.61. The third kappa shape index (κ3) is 3.23. The highest BCUT2D eigenvalue weighted by molar-refractivity contribution is 7.89. The lowest BCUT2D eigenvalue weighted by Gasteiger charge is -2.38. The first-order chi connectivity index (χ1) is 8.90. The van der Waals surface area contributed by atoms with E-state index in [1.807, 2.05) is 18.9 Å². The van der Waals surface area contributed by atoms with Gasteiger partial charge in [0.2, 0.25) is 0 Å². The molecule has 0 aromatic carbocycles. The lowest BCUT2D eigenvalue weighted by atomic mass is 10.0. The van der Waals surface area contributed by atoms with Crippen molar-refractivity contribution in [3.8, 4) is 0 Å². The van der Waals surface area contributed by atoms with Crippen LogP contribution in [0.5, 0.6) is 0 Å². The summed E-state index contributed by atoms with van der Waals surface area (Å²) < 4.78 is 24.6. The van der Waals surface area contributed by atoms with Crippen LogP contribution in [0.2, 0.25) is 0 Å². The van der Waals surface area contributed by atoms with Crippen molar-refractivity contribution in [2.75, 3.05) is 5.73 Å². The molecule has 0 saturated carbocycles. The Bertz CT molecular complexity index is 536. The molecule has 1 fully saturated rings. The molecule has 1 aromatic heterocycles. The number of nitrogens with one attached hydrogen (secondary N) is 1. The first-order valence-corrected chi connectivity index (χ1v) is 7.91. The highest BCUT2D eigenvalue weighted by Gasteiger charge is 2.29. The minimum atomic E-state index is -3.59. The summed E-state index contributed by atoms with van der Waals surface area (Å²) in [5, 5.41) is 1.81. The molecular weight excluding hydrogens is 264 g/mol. The van der Waals surface area contributed by atoms with Gasteiger partial charge in [0.1, 0.15) is 5.82 Å². The number of aromatic nitrogens is 1. The first kappa shape index (κ1) is 14.2. The van der Waals surface area contributed by atoms with E-state index in [1.54, 1.807) is 0 Å². The minimum absolute atomic E-state index is 0.143. The Kier molecular flexibility index (Phi) is 4.07. The Hall–Kier alpha value is -1.18. The van der Waals surface area contributed by atoms with Gasteiger partial charge in [-0.1, -0.05) is 6.42 Å². The molecule has 1 aromatic rings. The zero-order valence-electron chi connectivity index (χ0n) is 11.2. The third-order valence-corrected chi connectivity index (χ3v) is 4.81. The Morgan fingerprint density at radius 3 is 2.58 bits per heavy atom. The molecule has 19 heavy (non-hydrogen) atoms. The molecule has 1 saturated heterocycles. The Labute approximate surface area is 114 Å². The lowest BCUT2D eigenvalue weighted by Crippen LogP contribution is -2.53. The van der Waals surface area contributed by atoms with E-state index in [9.17, 15) is 8.42 Å². The van der Waals surface area contributed by atoms with Crippen molar-refractivity contribution in [2.45, 2.75) is 50.1 Å². The van der Waals surface area contributed by atoms with Gasteiger partial charge in [0.05, 0.1) is 4.90 Å². The van der Waals surface area contributed by atoms with E-state index < -0.39 is 10.0 Å². The molecule has 106 valence electrons. The smallest absolute Gasteiger partial charge is 0.253 e. The number of pyridine rings is 1. The molecule has 3 N–H and O–H groups in total. The monoisotopic (exact) mass is 284 g/mol. The number of nitrogen functional groups attached to an aromatic ring is 1. The Balaban J connectivity index is 2.21. The number of nitrogens with two attached hydrogens (primary N) is 1. The quantitative estimate of drug-likeness (QED) is 0.868. The van der Waals surface area contributed by atoms with E-state index in [-0.39, 0.29) is 22.8 Å². The fourth-order valence-electron chi connectivity index (χ4n) is 2.39. The number of hydrazine groups is 1. The summed E-state index contributed by atoms with van der Waals surface area (Å²) in [5.74, 6) is 0.197. The van der Waals surface area contributed by atoms with Crippen LogP contribution in [-0.4, -0.2) is 30.5 Å². The van der Waals surface area contributed by atoms with Crippen LogP contribution in [0.15, 0.2) is 23.2 Å². The lowest BCUT2D eigenvalue weighted by molar-refractivity contribution is 0.0790. The number of nitrogens with zero attached hydrogens (tertiary/aromatic N) is 2.